The minimum Gasteiger partial charge on any atom is -0.352 e. The number of piperidine rings is 1. The van der Waals surface area contributed by atoms with E-state index in [1.807, 2.05) is 6.92 Å². The summed E-state index contributed by atoms with van der Waals surface area (Å²) >= 11 is 0. The Kier molecular flexibility index (Phi) is 7.46. The highest BCUT2D eigenvalue weighted by Crippen LogP contribution is 2.23. The Hall–Kier alpha value is -1.15. The molecule has 1 saturated heterocycles. The van der Waals surface area contributed by atoms with E-state index in [1.165, 1.54) is 18.9 Å². The fraction of sp³-hybridized carbons (Fsp3) is 0.611. The van der Waals surface area contributed by atoms with Crippen LogP contribution >= 0.6 is 12.4 Å². The lowest BCUT2D eigenvalue weighted by Gasteiger charge is -2.22. The van der Waals surface area contributed by atoms with Crippen molar-refractivity contribution < 1.29 is 13.2 Å². The zero-order chi connectivity index (χ0) is 17.9. The summed E-state index contributed by atoms with van der Waals surface area (Å²) in [7, 11) is -3.55. The van der Waals surface area contributed by atoms with Crippen LogP contribution in [0.3, 0.4) is 0 Å². The van der Waals surface area contributed by atoms with Gasteiger partial charge in [-0.15, -0.1) is 12.4 Å². The van der Waals surface area contributed by atoms with Crippen molar-refractivity contribution in [2.24, 2.45) is 5.92 Å². The number of halogens is 1. The minimum absolute atomic E-state index is 0. The number of hydrogen-bond acceptors (Lipinski definition) is 4. The van der Waals surface area contributed by atoms with E-state index in [0.717, 1.165) is 37.9 Å². The van der Waals surface area contributed by atoms with Crippen LogP contribution in [0.2, 0.25) is 0 Å². The zero-order valence-corrected chi connectivity index (χ0v) is 16.7. The summed E-state index contributed by atoms with van der Waals surface area (Å²) < 4.78 is 27.3. The van der Waals surface area contributed by atoms with Gasteiger partial charge in [-0.1, -0.05) is 6.07 Å². The lowest BCUT2D eigenvalue weighted by atomic mass is 9.96. The van der Waals surface area contributed by atoms with Crippen LogP contribution in [0.15, 0.2) is 23.1 Å². The van der Waals surface area contributed by atoms with Gasteiger partial charge in [0.15, 0.2) is 0 Å². The van der Waals surface area contributed by atoms with E-state index in [-0.39, 0.29) is 29.3 Å². The number of carbonyl (C=O) groups is 1. The minimum atomic E-state index is -3.55. The van der Waals surface area contributed by atoms with Crippen LogP contribution in [0.4, 0.5) is 0 Å². The molecule has 1 heterocycles. The third-order valence-electron chi connectivity index (χ3n) is 4.90. The first-order valence-electron chi connectivity index (χ1n) is 9.07. The molecular formula is C18H28ClN3O3S. The number of rotatable bonds is 7. The van der Waals surface area contributed by atoms with Crippen LogP contribution in [0.1, 0.15) is 48.0 Å². The first-order valence-corrected chi connectivity index (χ1v) is 10.6. The molecule has 6 nitrogen and oxygen atoms in total. The van der Waals surface area contributed by atoms with Crippen molar-refractivity contribution in [2.75, 3.05) is 19.6 Å². The van der Waals surface area contributed by atoms with Gasteiger partial charge in [0.1, 0.15) is 0 Å². The van der Waals surface area contributed by atoms with Crippen LogP contribution in [0.5, 0.6) is 0 Å². The topological polar surface area (TPSA) is 87.3 Å². The highest BCUT2D eigenvalue weighted by atomic mass is 35.5. The van der Waals surface area contributed by atoms with Gasteiger partial charge in [0, 0.05) is 18.2 Å². The summed E-state index contributed by atoms with van der Waals surface area (Å²) in [6.45, 7) is 4.53. The summed E-state index contributed by atoms with van der Waals surface area (Å²) in [5.74, 6) is 0.398. The van der Waals surface area contributed by atoms with E-state index in [9.17, 15) is 13.2 Å². The second kappa shape index (κ2) is 9.17. The van der Waals surface area contributed by atoms with Gasteiger partial charge in [0.2, 0.25) is 10.0 Å². The molecule has 1 aliphatic carbocycles. The Morgan fingerprint density at radius 2 is 2.04 bits per heavy atom. The van der Waals surface area contributed by atoms with Gasteiger partial charge in [-0.25, -0.2) is 13.1 Å². The standard InChI is InChI=1S/C18H27N3O3S.ClH/c1-13-4-7-16(25(23,24)21-15-5-6-15)11-17(13)18(22)20-10-8-14-3-2-9-19-12-14;/h4,7,11,14-15,19,21H,2-3,5-6,8-10,12H2,1H3,(H,20,22);1H. The number of carbonyl (C=O) groups excluding carboxylic acids is 1. The van der Waals surface area contributed by atoms with Crippen molar-refractivity contribution >= 4 is 28.3 Å². The predicted molar refractivity (Wildman–Crippen MR) is 104 cm³/mol. The quantitative estimate of drug-likeness (QED) is 0.651. The van der Waals surface area contributed by atoms with Crippen LogP contribution in [0, 0.1) is 12.8 Å². The maximum absolute atomic E-state index is 12.5. The Balaban J connectivity index is 0.00000243. The van der Waals surface area contributed by atoms with Crippen LogP contribution < -0.4 is 15.4 Å². The average molecular weight is 402 g/mol. The molecule has 26 heavy (non-hydrogen) atoms. The second-order valence-corrected chi connectivity index (χ2v) is 8.84. The third-order valence-corrected chi connectivity index (χ3v) is 6.42. The lowest BCUT2D eigenvalue weighted by Crippen LogP contribution is -2.33. The largest absolute Gasteiger partial charge is 0.352 e. The van der Waals surface area contributed by atoms with Crippen LogP contribution in [-0.2, 0) is 10.0 Å². The summed E-state index contributed by atoms with van der Waals surface area (Å²) in [5.41, 5.74) is 1.21. The Bertz CT molecular complexity index is 729. The van der Waals surface area contributed by atoms with Gasteiger partial charge >= 0.3 is 0 Å². The Morgan fingerprint density at radius 1 is 1.27 bits per heavy atom. The second-order valence-electron chi connectivity index (χ2n) is 7.13. The van der Waals surface area contributed by atoms with Gasteiger partial charge in [0.25, 0.3) is 5.91 Å². The molecule has 0 bridgehead atoms. The number of hydrogen-bond donors (Lipinski definition) is 3. The summed E-state index contributed by atoms with van der Waals surface area (Å²) in [5, 5.41) is 6.31. The van der Waals surface area contributed by atoms with Crippen LogP contribution in [0.25, 0.3) is 0 Å². The van der Waals surface area contributed by atoms with E-state index in [0.29, 0.717) is 18.0 Å². The fourth-order valence-electron chi connectivity index (χ4n) is 3.16. The molecule has 2 fully saturated rings. The number of aryl methyl sites for hydroxylation is 1. The molecule has 0 spiro atoms. The molecule has 3 rings (SSSR count). The summed E-state index contributed by atoms with van der Waals surface area (Å²) in [4.78, 5) is 12.6. The molecule has 146 valence electrons. The van der Waals surface area contributed by atoms with Crippen molar-refractivity contribution in [3.8, 4) is 0 Å². The predicted octanol–water partition coefficient (Wildman–Crippen LogP) is 1.98. The van der Waals surface area contributed by atoms with E-state index in [2.05, 4.69) is 15.4 Å². The van der Waals surface area contributed by atoms with Gasteiger partial charge in [-0.05, 0) is 75.7 Å². The van der Waals surface area contributed by atoms with Crippen molar-refractivity contribution in [3.05, 3.63) is 29.3 Å². The number of sulfonamides is 1. The first kappa shape index (κ1) is 21.2. The molecule has 1 aromatic rings. The maximum Gasteiger partial charge on any atom is 0.251 e. The molecule has 2 aliphatic rings. The molecular weight excluding hydrogens is 374 g/mol. The van der Waals surface area contributed by atoms with Gasteiger partial charge in [-0.2, -0.15) is 0 Å². The molecule has 1 atom stereocenters. The molecule has 0 radical (unpaired) electrons. The van der Waals surface area contributed by atoms with E-state index >= 15 is 0 Å². The van der Waals surface area contributed by atoms with E-state index in [1.54, 1.807) is 12.1 Å². The summed E-state index contributed by atoms with van der Waals surface area (Å²) in [6.07, 6.45) is 5.09. The summed E-state index contributed by atoms with van der Waals surface area (Å²) in [6, 6.07) is 4.79. The number of benzene rings is 1. The lowest BCUT2D eigenvalue weighted by molar-refractivity contribution is 0.0950. The maximum atomic E-state index is 12.5. The van der Waals surface area contributed by atoms with Gasteiger partial charge < -0.3 is 10.6 Å². The molecule has 8 heteroatoms. The highest BCUT2D eigenvalue weighted by Gasteiger charge is 2.28. The fourth-order valence-corrected chi connectivity index (χ4v) is 4.49. The van der Waals surface area contributed by atoms with Gasteiger partial charge in [-0.3, -0.25) is 4.79 Å². The molecule has 0 aromatic heterocycles. The highest BCUT2D eigenvalue weighted by molar-refractivity contribution is 7.89. The van der Waals surface area contributed by atoms with Crippen molar-refractivity contribution in [2.45, 2.75) is 50.0 Å². The molecule has 1 amide bonds. The molecule has 1 aliphatic heterocycles. The van der Waals surface area contributed by atoms with Crippen molar-refractivity contribution in [1.82, 2.24) is 15.4 Å². The van der Waals surface area contributed by atoms with E-state index < -0.39 is 10.0 Å². The molecule has 1 unspecified atom stereocenters. The molecule has 1 aromatic carbocycles. The SMILES string of the molecule is Cc1ccc(S(=O)(=O)NC2CC2)cc1C(=O)NCCC1CCCNC1.Cl. The normalized spacial score (nSPS) is 20.3. The Labute approximate surface area is 162 Å². The zero-order valence-electron chi connectivity index (χ0n) is 15.1. The monoisotopic (exact) mass is 401 g/mol. The number of nitrogens with one attached hydrogen (secondary N) is 3. The molecule has 1 saturated carbocycles. The smallest absolute Gasteiger partial charge is 0.251 e. The average Bonchev–Trinajstić information content (AvgIpc) is 3.39. The Morgan fingerprint density at radius 3 is 2.69 bits per heavy atom. The van der Waals surface area contributed by atoms with Gasteiger partial charge in [0.05, 0.1) is 4.90 Å². The third kappa shape index (κ3) is 5.67. The first-order chi connectivity index (χ1) is 12.0. The van der Waals surface area contributed by atoms with Crippen LogP contribution in [-0.4, -0.2) is 40.0 Å². The van der Waals surface area contributed by atoms with Crippen molar-refractivity contribution in [1.29, 1.82) is 0 Å². The molecule has 3 N–H and O–H groups in total. The van der Waals surface area contributed by atoms with E-state index in [4.69, 9.17) is 0 Å². The van der Waals surface area contributed by atoms with Crippen molar-refractivity contribution in [3.63, 3.8) is 0 Å². The number of amides is 1.